The van der Waals surface area contributed by atoms with Gasteiger partial charge in [0.2, 0.25) is 0 Å². The molecule has 0 atom stereocenters. The van der Waals surface area contributed by atoms with Gasteiger partial charge in [-0.2, -0.15) is 0 Å². The van der Waals surface area contributed by atoms with Crippen LogP contribution in [0.4, 0.5) is 0 Å². The van der Waals surface area contributed by atoms with E-state index in [1.165, 1.54) is 32.2 Å². The van der Waals surface area contributed by atoms with E-state index in [9.17, 15) is 0 Å². The molecule has 0 amide bonds. The standard InChI is InChI=1S/C50H31N5O/c1-4-13-31(14-5-1)48-51-49(32-15-6-2-7-16-32)53-50(52-48)33-23-25-35(26-24-33)55-39-21-12-20-36(39)37-27-28-41-46(47(37)55)45-40(54(41)34-17-8-3-9-18-34)29-30-43-44(45)38-19-10-11-22-42(38)56-43/h1-11,13-30H,12H2. The van der Waals surface area contributed by atoms with Crippen molar-refractivity contribution >= 4 is 66.8 Å². The maximum Gasteiger partial charge on any atom is 0.164 e. The lowest BCUT2D eigenvalue weighted by molar-refractivity contribution is 0.669. The van der Waals surface area contributed by atoms with Crippen LogP contribution in [-0.4, -0.2) is 24.1 Å². The lowest BCUT2D eigenvalue weighted by Gasteiger charge is -2.11. The second kappa shape index (κ2) is 12.0. The summed E-state index contributed by atoms with van der Waals surface area (Å²) in [5, 5.41) is 8.37. The van der Waals surface area contributed by atoms with Crippen LogP contribution in [-0.2, 0) is 0 Å². The van der Waals surface area contributed by atoms with Gasteiger partial charge < -0.3 is 13.6 Å². The van der Waals surface area contributed by atoms with Gasteiger partial charge in [0, 0.05) is 60.2 Å². The zero-order chi connectivity index (χ0) is 36.7. The highest BCUT2D eigenvalue weighted by Crippen LogP contribution is 2.43. The molecule has 0 fully saturated rings. The zero-order valence-electron chi connectivity index (χ0n) is 30.1. The van der Waals surface area contributed by atoms with Gasteiger partial charge in [0.25, 0.3) is 0 Å². The van der Waals surface area contributed by atoms with Crippen LogP contribution in [0.15, 0.2) is 168 Å². The number of aromatic nitrogens is 5. The fraction of sp³-hybridized carbons (Fsp3) is 0.0200. The normalized spacial score (nSPS) is 12.5. The number of para-hydroxylation sites is 2. The van der Waals surface area contributed by atoms with E-state index in [0.29, 0.717) is 17.5 Å². The van der Waals surface area contributed by atoms with E-state index >= 15 is 0 Å². The Hall–Kier alpha value is -7.57. The molecule has 56 heavy (non-hydrogen) atoms. The highest BCUT2D eigenvalue weighted by molar-refractivity contribution is 6.32. The first-order valence-electron chi connectivity index (χ1n) is 18.9. The molecule has 1 aliphatic rings. The van der Waals surface area contributed by atoms with E-state index in [4.69, 9.17) is 19.4 Å². The van der Waals surface area contributed by atoms with Gasteiger partial charge in [-0.25, -0.2) is 15.0 Å². The molecule has 0 unspecified atom stereocenters. The summed E-state index contributed by atoms with van der Waals surface area (Å²) in [6, 6.07) is 56.9. The first-order chi connectivity index (χ1) is 27.8. The molecule has 0 bridgehead atoms. The maximum atomic E-state index is 6.50. The highest BCUT2D eigenvalue weighted by Gasteiger charge is 2.24. The Labute approximate surface area is 320 Å². The Kier molecular flexibility index (Phi) is 6.59. The van der Waals surface area contributed by atoms with Gasteiger partial charge in [-0.1, -0.05) is 115 Å². The summed E-state index contributed by atoms with van der Waals surface area (Å²) in [4.78, 5) is 14.9. The SMILES string of the molecule is C1=c2c(n(-c3ccc(-c4nc(-c5ccccc5)nc(-c5ccccc5)n4)cc3)c3c2ccc2c3c3c4c(ccc3n2-c2ccccc2)oc2ccccc24)=CC1. The third-order valence-corrected chi connectivity index (χ3v) is 11.2. The molecule has 0 radical (unpaired) electrons. The van der Waals surface area contributed by atoms with E-state index in [2.05, 4.69) is 118 Å². The van der Waals surface area contributed by atoms with Crippen molar-refractivity contribution in [2.24, 2.45) is 0 Å². The molecule has 4 aromatic heterocycles. The van der Waals surface area contributed by atoms with Crippen molar-refractivity contribution in [2.75, 3.05) is 0 Å². The Morgan fingerprint density at radius 2 is 0.982 bits per heavy atom. The fourth-order valence-electron chi connectivity index (χ4n) is 8.74. The van der Waals surface area contributed by atoms with E-state index in [0.717, 1.165) is 67.5 Å². The Morgan fingerprint density at radius 1 is 0.411 bits per heavy atom. The maximum absolute atomic E-state index is 6.50. The van der Waals surface area contributed by atoms with Crippen LogP contribution in [0.2, 0.25) is 0 Å². The first kappa shape index (κ1) is 30.8. The van der Waals surface area contributed by atoms with Crippen LogP contribution in [0.1, 0.15) is 6.42 Å². The summed E-state index contributed by atoms with van der Waals surface area (Å²) in [7, 11) is 0. The monoisotopic (exact) mass is 717 g/mol. The molecule has 0 saturated heterocycles. The smallest absolute Gasteiger partial charge is 0.164 e. The highest BCUT2D eigenvalue weighted by atomic mass is 16.3. The van der Waals surface area contributed by atoms with Crippen molar-refractivity contribution in [1.82, 2.24) is 24.1 Å². The van der Waals surface area contributed by atoms with Gasteiger partial charge in [-0.15, -0.1) is 0 Å². The molecule has 0 N–H and O–H groups in total. The third kappa shape index (κ3) is 4.53. The van der Waals surface area contributed by atoms with Crippen molar-refractivity contribution in [3.63, 3.8) is 0 Å². The van der Waals surface area contributed by atoms with Gasteiger partial charge in [0.15, 0.2) is 17.5 Å². The first-order valence-corrected chi connectivity index (χ1v) is 18.9. The molecule has 0 saturated carbocycles. The molecular weight excluding hydrogens is 687 g/mol. The number of furan rings is 1. The quantitative estimate of drug-likeness (QED) is 0.178. The Morgan fingerprint density at radius 3 is 1.68 bits per heavy atom. The van der Waals surface area contributed by atoms with Crippen molar-refractivity contribution in [3.8, 4) is 45.5 Å². The number of hydrogen-bond donors (Lipinski definition) is 0. The van der Waals surface area contributed by atoms with Gasteiger partial charge in [0.05, 0.1) is 21.9 Å². The molecule has 262 valence electrons. The van der Waals surface area contributed by atoms with Crippen LogP contribution in [0.25, 0.3) is 112 Å². The minimum atomic E-state index is 0.634. The van der Waals surface area contributed by atoms with Crippen molar-refractivity contribution in [1.29, 1.82) is 0 Å². The zero-order valence-corrected chi connectivity index (χ0v) is 30.1. The van der Waals surface area contributed by atoms with E-state index in [1.54, 1.807) is 0 Å². The van der Waals surface area contributed by atoms with E-state index in [1.807, 2.05) is 66.7 Å². The average Bonchev–Trinajstić information content (AvgIpc) is 4.04. The van der Waals surface area contributed by atoms with E-state index in [-0.39, 0.29) is 0 Å². The summed E-state index contributed by atoms with van der Waals surface area (Å²) < 4.78 is 11.4. The molecule has 6 heteroatoms. The third-order valence-electron chi connectivity index (χ3n) is 11.2. The predicted molar refractivity (Wildman–Crippen MR) is 227 cm³/mol. The minimum absolute atomic E-state index is 0.634. The summed E-state index contributed by atoms with van der Waals surface area (Å²) in [5.41, 5.74) is 10.3. The molecule has 12 rings (SSSR count). The van der Waals surface area contributed by atoms with Crippen molar-refractivity contribution in [3.05, 3.63) is 174 Å². The second-order valence-electron chi connectivity index (χ2n) is 14.3. The van der Waals surface area contributed by atoms with Gasteiger partial charge in [-0.05, 0) is 67.1 Å². The molecule has 0 spiro atoms. The summed E-state index contributed by atoms with van der Waals surface area (Å²) in [6.07, 6.45) is 5.60. The van der Waals surface area contributed by atoms with Crippen molar-refractivity contribution in [2.45, 2.75) is 6.42 Å². The molecule has 1 aliphatic carbocycles. The fourth-order valence-corrected chi connectivity index (χ4v) is 8.74. The Balaban J connectivity index is 1.13. The summed E-state index contributed by atoms with van der Waals surface area (Å²) in [6.45, 7) is 0. The summed E-state index contributed by atoms with van der Waals surface area (Å²) >= 11 is 0. The number of fused-ring (bicyclic) bond motifs is 11. The molecule has 4 heterocycles. The molecule has 7 aromatic carbocycles. The van der Waals surface area contributed by atoms with Gasteiger partial charge in [0.1, 0.15) is 11.2 Å². The topological polar surface area (TPSA) is 61.7 Å². The lowest BCUT2D eigenvalue weighted by Crippen LogP contribution is -2.25. The van der Waals surface area contributed by atoms with Crippen LogP contribution in [0, 0.1) is 0 Å². The van der Waals surface area contributed by atoms with Crippen LogP contribution in [0.5, 0.6) is 0 Å². The number of hydrogen-bond acceptors (Lipinski definition) is 4. The molecule has 6 nitrogen and oxygen atoms in total. The second-order valence-corrected chi connectivity index (χ2v) is 14.3. The number of rotatable bonds is 5. The van der Waals surface area contributed by atoms with Gasteiger partial charge >= 0.3 is 0 Å². The predicted octanol–water partition coefficient (Wildman–Crippen LogP) is 10.8. The largest absolute Gasteiger partial charge is 0.456 e. The number of nitrogens with zero attached hydrogens (tertiary/aromatic N) is 5. The molecule has 11 aromatic rings. The molecule has 0 aliphatic heterocycles. The lowest BCUT2D eigenvalue weighted by atomic mass is 10.0. The minimum Gasteiger partial charge on any atom is -0.456 e. The molecular formula is C50H31N5O. The van der Waals surface area contributed by atoms with Crippen LogP contribution >= 0.6 is 0 Å². The number of benzene rings is 7. The van der Waals surface area contributed by atoms with Crippen molar-refractivity contribution < 1.29 is 4.42 Å². The van der Waals surface area contributed by atoms with Crippen LogP contribution < -0.4 is 10.6 Å². The van der Waals surface area contributed by atoms with E-state index < -0.39 is 0 Å². The average molecular weight is 718 g/mol. The van der Waals surface area contributed by atoms with Gasteiger partial charge in [-0.3, -0.25) is 0 Å². The summed E-state index contributed by atoms with van der Waals surface area (Å²) in [5.74, 6) is 1.93. The van der Waals surface area contributed by atoms with Crippen LogP contribution in [0.3, 0.4) is 0 Å². The Bertz CT molecular complexity index is 3410.